The highest BCUT2D eigenvalue weighted by molar-refractivity contribution is 5.07. The van der Waals surface area contributed by atoms with Crippen molar-refractivity contribution >= 4 is 0 Å². The lowest BCUT2D eigenvalue weighted by atomic mass is 10.1. The molecule has 0 bridgehead atoms. The van der Waals surface area contributed by atoms with Gasteiger partial charge in [0.05, 0.1) is 0 Å². The third kappa shape index (κ3) is 4.60. The smallest absolute Gasteiger partial charge is 0.0227 e. The molecule has 1 aliphatic carbocycles. The monoisotopic (exact) mass is 147 g/mol. The van der Waals surface area contributed by atoms with E-state index in [9.17, 15) is 0 Å². The van der Waals surface area contributed by atoms with Gasteiger partial charge in [-0.15, -0.1) is 0 Å². The maximum atomic E-state index is 3.13. The lowest BCUT2D eigenvalue weighted by Crippen LogP contribution is -1.73. The molecule has 1 rings (SSSR count). The van der Waals surface area contributed by atoms with Crippen LogP contribution in [0.5, 0.6) is 0 Å². The maximum Gasteiger partial charge on any atom is -0.0227 e. The molecule has 1 radical (unpaired) electrons. The third-order valence-corrected chi connectivity index (χ3v) is 1.78. The van der Waals surface area contributed by atoms with Gasteiger partial charge < -0.3 is 0 Å². The summed E-state index contributed by atoms with van der Waals surface area (Å²) in [6, 6.07) is 0. The van der Waals surface area contributed by atoms with Gasteiger partial charge in [0.15, 0.2) is 0 Å². The van der Waals surface area contributed by atoms with Gasteiger partial charge in [-0.25, -0.2) is 0 Å². The summed E-state index contributed by atoms with van der Waals surface area (Å²) in [4.78, 5) is 0. The van der Waals surface area contributed by atoms with Crippen LogP contribution in [-0.4, -0.2) is 0 Å². The van der Waals surface area contributed by atoms with Crippen LogP contribution in [0.1, 0.15) is 32.1 Å². The second kappa shape index (κ2) is 5.96. The first kappa shape index (κ1) is 8.32. The quantitative estimate of drug-likeness (QED) is 0.492. The predicted molar refractivity (Wildman–Crippen MR) is 49.2 cm³/mol. The highest BCUT2D eigenvalue weighted by atomic mass is 13.9. The second-order valence-corrected chi connectivity index (χ2v) is 2.80. The van der Waals surface area contributed by atoms with Crippen LogP contribution < -0.4 is 0 Å². The fourth-order valence-corrected chi connectivity index (χ4v) is 1.12. The molecule has 0 saturated heterocycles. The van der Waals surface area contributed by atoms with Gasteiger partial charge in [-0.2, -0.15) is 0 Å². The van der Waals surface area contributed by atoms with E-state index in [0.29, 0.717) is 0 Å². The van der Waals surface area contributed by atoms with E-state index in [1.165, 1.54) is 32.1 Å². The average Bonchev–Trinajstić information content (AvgIpc) is 2.08. The van der Waals surface area contributed by atoms with Crippen LogP contribution in [0.25, 0.3) is 0 Å². The van der Waals surface area contributed by atoms with E-state index in [0.717, 1.165) is 0 Å². The van der Waals surface area contributed by atoms with E-state index >= 15 is 0 Å². The van der Waals surface area contributed by atoms with Crippen molar-refractivity contribution < 1.29 is 0 Å². The molecule has 11 heavy (non-hydrogen) atoms. The molecule has 0 N–H and O–H groups in total. The highest BCUT2D eigenvalue weighted by Crippen LogP contribution is 2.05. The molecule has 0 spiro atoms. The SMILES string of the molecule is [C]1=C/CCCCC\C=C/C=C\1. The van der Waals surface area contributed by atoms with Crippen LogP contribution in [0.15, 0.2) is 30.4 Å². The number of hydrogen-bond acceptors (Lipinski definition) is 0. The van der Waals surface area contributed by atoms with Gasteiger partial charge in [0.25, 0.3) is 0 Å². The molecular formula is C11H15. The Balaban J connectivity index is 2.36. The van der Waals surface area contributed by atoms with Crippen LogP contribution in [0.3, 0.4) is 0 Å². The van der Waals surface area contributed by atoms with Crippen molar-refractivity contribution in [2.45, 2.75) is 32.1 Å². The normalized spacial score (nSPS) is 28.4. The van der Waals surface area contributed by atoms with Gasteiger partial charge in [-0.3, -0.25) is 0 Å². The summed E-state index contributed by atoms with van der Waals surface area (Å²) < 4.78 is 0. The lowest BCUT2D eigenvalue weighted by Gasteiger charge is -1.93. The molecule has 0 atom stereocenters. The minimum Gasteiger partial charge on any atom is -0.0845 e. The number of hydrogen-bond donors (Lipinski definition) is 0. The van der Waals surface area contributed by atoms with Crippen molar-refractivity contribution in [3.05, 3.63) is 36.5 Å². The van der Waals surface area contributed by atoms with Gasteiger partial charge in [0.1, 0.15) is 0 Å². The molecule has 1 aliphatic rings. The van der Waals surface area contributed by atoms with Gasteiger partial charge in [0, 0.05) is 0 Å². The Morgan fingerprint density at radius 1 is 0.909 bits per heavy atom. The second-order valence-electron chi connectivity index (χ2n) is 2.80. The molecular weight excluding hydrogens is 132 g/mol. The summed E-state index contributed by atoms with van der Waals surface area (Å²) in [6.45, 7) is 0. The van der Waals surface area contributed by atoms with E-state index < -0.39 is 0 Å². The van der Waals surface area contributed by atoms with E-state index in [1.54, 1.807) is 0 Å². The molecule has 0 saturated carbocycles. The molecule has 0 heterocycles. The van der Waals surface area contributed by atoms with Crippen molar-refractivity contribution in [2.24, 2.45) is 0 Å². The zero-order valence-electron chi connectivity index (χ0n) is 6.92. The molecule has 0 unspecified atom stereocenters. The Hall–Kier alpha value is -0.780. The van der Waals surface area contributed by atoms with Crippen LogP contribution in [0.2, 0.25) is 0 Å². The van der Waals surface area contributed by atoms with Gasteiger partial charge in [-0.1, -0.05) is 36.8 Å². The summed E-state index contributed by atoms with van der Waals surface area (Å²) in [5, 5.41) is 0. The summed E-state index contributed by atoms with van der Waals surface area (Å²) in [7, 11) is 0. The highest BCUT2D eigenvalue weighted by Gasteiger charge is 1.85. The van der Waals surface area contributed by atoms with Crippen LogP contribution in [-0.2, 0) is 0 Å². The predicted octanol–water partition coefficient (Wildman–Crippen LogP) is 3.42. The molecule has 0 fully saturated rings. The molecule has 0 nitrogen and oxygen atoms in total. The first-order valence-corrected chi connectivity index (χ1v) is 4.39. The number of allylic oxidation sites excluding steroid dienone is 6. The summed E-state index contributed by atoms with van der Waals surface area (Å²) in [5.41, 5.74) is 0. The standard InChI is InChI=1S/C11H15/c1-2-4-6-8-10-11-9-7-5-3-1/h1-4,8H,5,7,9-11H2/b3-1-,4-2-,8-6?. The maximum absolute atomic E-state index is 3.13. The molecule has 0 aromatic rings. The van der Waals surface area contributed by atoms with E-state index in [2.05, 4.69) is 24.3 Å². The third-order valence-electron chi connectivity index (χ3n) is 1.78. The van der Waals surface area contributed by atoms with E-state index in [-0.39, 0.29) is 0 Å². The van der Waals surface area contributed by atoms with Gasteiger partial charge in [0.2, 0.25) is 0 Å². The Labute approximate surface area is 69.3 Å². The minimum atomic E-state index is 1.18. The average molecular weight is 147 g/mol. The molecule has 0 aromatic heterocycles. The van der Waals surface area contributed by atoms with Crippen LogP contribution >= 0.6 is 0 Å². The zero-order valence-corrected chi connectivity index (χ0v) is 6.92. The largest absolute Gasteiger partial charge is 0.0845 e. The zero-order chi connectivity index (χ0) is 7.78. The minimum absolute atomic E-state index is 1.18. The van der Waals surface area contributed by atoms with Crippen LogP contribution in [0.4, 0.5) is 0 Å². The molecule has 0 amide bonds. The summed E-state index contributed by atoms with van der Waals surface area (Å²) >= 11 is 0. The fourth-order valence-electron chi connectivity index (χ4n) is 1.12. The Morgan fingerprint density at radius 2 is 1.82 bits per heavy atom. The molecule has 0 heteroatoms. The molecule has 59 valence electrons. The van der Waals surface area contributed by atoms with E-state index in [4.69, 9.17) is 0 Å². The van der Waals surface area contributed by atoms with Crippen molar-refractivity contribution in [3.63, 3.8) is 0 Å². The van der Waals surface area contributed by atoms with Crippen molar-refractivity contribution in [2.75, 3.05) is 0 Å². The van der Waals surface area contributed by atoms with Crippen molar-refractivity contribution in [1.29, 1.82) is 0 Å². The lowest BCUT2D eigenvalue weighted by molar-refractivity contribution is 0.696. The van der Waals surface area contributed by atoms with Gasteiger partial charge >= 0.3 is 0 Å². The first-order chi connectivity index (χ1) is 5.50. The fraction of sp³-hybridized carbons (Fsp3) is 0.455. The summed E-state index contributed by atoms with van der Waals surface area (Å²) in [6.07, 6.45) is 20.0. The Bertz CT molecular complexity index is 143. The number of rotatable bonds is 0. The topological polar surface area (TPSA) is 0 Å². The molecule has 0 aromatic carbocycles. The van der Waals surface area contributed by atoms with Crippen LogP contribution in [0, 0.1) is 6.08 Å². The van der Waals surface area contributed by atoms with Crippen molar-refractivity contribution in [3.8, 4) is 0 Å². The molecule has 0 aliphatic heterocycles. The van der Waals surface area contributed by atoms with E-state index in [1.807, 2.05) is 12.2 Å². The Morgan fingerprint density at radius 3 is 2.82 bits per heavy atom. The first-order valence-electron chi connectivity index (χ1n) is 4.39. The van der Waals surface area contributed by atoms with Gasteiger partial charge in [-0.05, 0) is 31.8 Å². The Kier molecular flexibility index (Phi) is 4.51. The summed E-state index contributed by atoms with van der Waals surface area (Å²) in [5.74, 6) is 0. The van der Waals surface area contributed by atoms with Crippen molar-refractivity contribution in [1.82, 2.24) is 0 Å².